The van der Waals surface area contributed by atoms with Crippen molar-refractivity contribution in [3.63, 3.8) is 0 Å². The Hall–Kier alpha value is -1.17. The lowest BCUT2D eigenvalue weighted by atomic mass is 10.1. The Kier molecular flexibility index (Phi) is 3.62. The summed E-state index contributed by atoms with van der Waals surface area (Å²) in [4.78, 5) is 5.77. The Labute approximate surface area is 87.6 Å². The Morgan fingerprint density at radius 3 is 2.60 bits per heavy atom. The van der Waals surface area contributed by atoms with Crippen molar-refractivity contribution in [2.45, 2.75) is 12.8 Å². The van der Waals surface area contributed by atoms with Gasteiger partial charge in [-0.25, -0.2) is 8.78 Å². The summed E-state index contributed by atoms with van der Waals surface area (Å²) in [5.41, 5.74) is 11.8. The minimum atomic E-state index is -2.51. The number of aliphatic imine (C=N–C) groups is 1. The molecule has 0 saturated carbocycles. The maximum atomic E-state index is 12.4. The van der Waals surface area contributed by atoms with Gasteiger partial charge in [0.15, 0.2) is 0 Å². The predicted molar refractivity (Wildman–Crippen MR) is 55.8 cm³/mol. The zero-order chi connectivity index (χ0) is 11.5. The van der Waals surface area contributed by atoms with E-state index >= 15 is 0 Å². The lowest BCUT2D eigenvalue weighted by Crippen LogP contribution is -2.56. The molecule has 0 aromatic rings. The maximum Gasteiger partial charge on any atom is 0.272 e. The molecule has 0 aromatic carbocycles. The molecule has 0 unspecified atom stereocenters. The molecule has 1 rings (SSSR count). The van der Waals surface area contributed by atoms with Crippen LogP contribution in [0.5, 0.6) is 0 Å². The van der Waals surface area contributed by atoms with Gasteiger partial charge in [-0.15, -0.1) is 0 Å². The van der Waals surface area contributed by atoms with E-state index in [2.05, 4.69) is 4.99 Å². The third-order valence-electron chi connectivity index (χ3n) is 2.27. The van der Waals surface area contributed by atoms with Gasteiger partial charge in [0.1, 0.15) is 0 Å². The summed E-state index contributed by atoms with van der Waals surface area (Å²) >= 11 is 0. The van der Waals surface area contributed by atoms with Gasteiger partial charge in [0.2, 0.25) is 0 Å². The first kappa shape index (κ1) is 11.9. The molecule has 1 aliphatic heterocycles. The van der Waals surface area contributed by atoms with Gasteiger partial charge in [0.05, 0.1) is 31.0 Å². The second-order valence-electron chi connectivity index (χ2n) is 3.66. The molecule has 86 valence electrons. The lowest BCUT2D eigenvalue weighted by Gasteiger charge is -2.38. The number of rotatable bonds is 4. The van der Waals surface area contributed by atoms with Crippen molar-refractivity contribution in [3.8, 4) is 0 Å². The van der Waals surface area contributed by atoms with Crippen LogP contribution in [0.25, 0.3) is 0 Å². The van der Waals surface area contributed by atoms with Crippen LogP contribution in [-0.4, -0.2) is 42.7 Å². The molecule has 6 heteroatoms. The van der Waals surface area contributed by atoms with E-state index < -0.39 is 5.92 Å². The average Bonchev–Trinajstić information content (AvgIpc) is 2.13. The van der Waals surface area contributed by atoms with Crippen molar-refractivity contribution in [1.82, 2.24) is 4.90 Å². The molecule has 1 heterocycles. The first-order valence-electron chi connectivity index (χ1n) is 4.73. The highest BCUT2D eigenvalue weighted by atomic mass is 19.3. The van der Waals surface area contributed by atoms with Crippen molar-refractivity contribution >= 4 is 5.71 Å². The molecule has 1 fully saturated rings. The average molecular weight is 218 g/mol. The van der Waals surface area contributed by atoms with Crippen LogP contribution in [0, 0.1) is 0 Å². The molecule has 4 N–H and O–H groups in total. The monoisotopic (exact) mass is 218 g/mol. The van der Waals surface area contributed by atoms with Crippen LogP contribution in [0.15, 0.2) is 16.9 Å². The van der Waals surface area contributed by atoms with Crippen molar-refractivity contribution < 1.29 is 8.78 Å². The third kappa shape index (κ3) is 3.47. The summed E-state index contributed by atoms with van der Waals surface area (Å²) in [7, 11) is 0. The summed E-state index contributed by atoms with van der Waals surface area (Å²) in [5, 5.41) is 0. The Balaban J connectivity index is 2.23. The van der Waals surface area contributed by atoms with Crippen LogP contribution < -0.4 is 11.5 Å². The highest BCUT2D eigenvalue weighted by Gasteiger charge is 2.43. The number of hydrogen-bond donors (Lipinski definition) is 2. The molecule has 0 bridgehead atoms. The highest BCUT2D eigenvalue weighted by Crippen LogP contribution is 2.25. The van der Waals surface area contributed by atoms with E-state index in [9.17, 15) is 8.78 Å². The zero-order valence-corrected chi connectivity index (χ0v) is 8.71. The van der Waals surface area contributed by atoms with E-state index in [4.69, 9.17) is 11.5 Å². The molecule has 4 nitrogen and oxygen atoms in total. The van der Waals surface area contributed by atoms with Crippen molar-refractivity contribution in [3.05, 3.63) is 11.9 Å². The molecule has 0 atom stereocenters. The predicted octanol–water partition coefficient (Wildman–Crippen LogP) is 0.157. The quantitative estimate of drug-likeness (QED) is 0.660. The van der Waals surface area contributed by atoms with E-state index in [-0.39, 0.29) is 13.1 Å². The molecular weight excluding hydrogens is 202 g/mol. The highest BCUT2D eigenvalue weighted by molar-refractivity contribution is 5.97. The van der Waals surface area contributed by atoms with Gasteiger partial charge in [-0.05, 0) is 6.92 Å². The lowest BCUT2D eigenvalue weighted by molar-refractivity contribution is -0.128. The second kappa shape index (κ2) is 4.57. The normalized spacial score (nSPS) is 22.6. The number of hydrogen-bond acceptors (Lipinski definition) is 4. The summed E-state index contributed by atoms with van der Waals surface area (Å²) in [6, 6.07) is 0. The van der Waals surface area contributed by atoms with Crippen LogP contribution in [0.3, 0.4) is 0 Å². The summed E-state index contributed by atoms with van der Waals surface area (Å²) in [6.45, 7) is 2.41. The molecule has 0 radical (unpaired) electrons. The number of likely N-dealkylation sites (tertiary alicyclic amines) is 1. The Bertz CT molecular complexity index is 278. The van der Waals surface area contributed by atoms with Crippen LogP contribution in [0.2, 0.25) is 0 Å². The third-order valence-corrected chi connectivity index (χ3v) is 2.27. The first-order chi connectivity index (χ1) is 6.94. The van der Waals surface area contributed by atoms with Gasteiger partial charge < -0.3 is 11.5 Å². The molecular formula is C9H16F2N4. The molecule has 0 spiro atoms. The Morgan fingerprint density at radius 1 is 1.53 bits per heavy atom. The van der Waals surface area contributed by atoms with Crippen LogP contribution in [0.1, 0.15) is 6.92 Å². The smallest absolute Gasteiger partial charge is 0.272 e. The van der Waals surface area contributed by atoms with Crippen molar-refractivity contribution in [2.24, 2.45) is 16.5 Å². The number of nitrogens with zero attached hydrogens (tertiary/aromatic N) is 2. The van der Waals surface area contributed by atoms with Gasteiger partial charge in [0.25, 0.3) is 5.92 Å². The summed E-state index contributed by atoms with van der Waals surface area (Å²) in [6.07, 6.45) is 1.27. The molecule has 15 heavy (non-hydrogen) atoms. The van der Waals surface area contributed by atoms with E-state index in [1.54, 1.807) is 11.8 Å². The molecule has 1 aliphatic rings. The van der Waals surface area contributed by atoms with E-state index in [0.29, 0.717) is 24.5 Å². The summed E-state index contributed by atoms with van der Waals surface area (Å²) in [5.74, 6) is -2.51. The van der Waals surface area contributed by atoms with Gasteiger partial charge >= 0.3 is 0 Å². The first-order valence-corrected chi connectivity index (χ1v) is 4.73. The van der Waals surface area contributed by atoms with Gasteiger partial charge in [-0.1, -0.05) is 0 Å². The number of nitrogens with two attached hydrogens (primary N) is 2. The number of allylic oxidation sites excluding steroid dienone is 1. The summed E-state index contributed by atoms with van der Waals surface area (Å²) < 4.78 is 24.9. The number of alkyl halides is 2. The fraction of sp³-hybridized carbons (Fsp3) is 0.667. The SMILES string of the molecule is CC(=NCCN1CC(F)(F)C1)C(N)=CN. The minimum absolute atomic E-state index is 0.163. The van der Waals surface area contributed by atoms with Crippen LogP contribution in [0.4, 0.5) is 8.78 Å². The standard InChI is InChI=1S/C9H16F2N4/c1-7(8(13)4-12)14-2-3-15-5-9(10,11)6-15/h4H,2-3,5-6,12-13H2,1H3. The maximum absolute atomic E-state index is 12.4. The topological polar surface area (TPSA) is 67.6 Å². The number of halogens is 2. The molecule has 0 aromatic heterocycles. The van der Waals surface area contributed by atoms with E-state index in [0.717, 1.165) is 0 Å². The largest absolute Gasteiger partial charge is 0.403 e. The van der Waals surface area contributed by atoms with E-state index in [1.807, 2.05) is 0 Å². The van der Waals surface area contributed by atoms with E-state index in [1.165, 1.54) is 6.20 Å². The van der Waals surface area contributed by atoms with Crippen LogP contribution >= 0.6 is 0 Å². The van der Waals surface area contributed by atoms with Crippen LogP contribution in [-0.2, 0) is 0 Å². The molecule has 0 amide bonds. The van der Waals surface area contributed by atoms with Crippen molar-refractivity contribution in [1.29, 1.82) is 0 Å². The fourth-order valence-corrected chi connectivity index (χ4v) is 1.34. The van der Waals surface area contributed by atoms with Gasteiger partial charge in [-0.2, -0.15) is 0 Å². The molecule has 1 saturated heterocycles. The van der Waals surface area contributed by atoms with Gasteiger partial charge in [-0.3, -0.25) is 9.89 Å². The Morgan fingerprint density at radius 2 is 2.13 bits per heavy atom. The molecule has 0 aliphatic carbocycles. The zero-order valence-electron chi connectivity index (χ0n) is 8.71. The fourth-order valence-electron chi connectivity index (χ4n) is 1.34. The second-order valence-corrected chi connectivity index (χ2v) is 3.66. The minimum Gasteiger partial charge on any atom is -0.403 e. The van der Waals surface area contributed by atoms with Crippen molar-refractivity contribution in [2.75, 3.05) is 26.2 Å². The van der Waals surface area contributed by atoms with Gasteiger partial charge in [0, 0.05) is 12.7 Å².